The highest BCUT2D eigenvalue weighted by Crippen LogP contribution is 2.11. The maximum Gasteiger partial charge on any atom is 0.328 e. The average molecular weight is 172 g/mol. The number of aliphatic carboxylic acids is 1. The third-order valence-corrected chi connectivity index (χ3v) is 1.86. The van der Waals surface area contributed by atoms with Gasteiger partial charge in [-0.1, -0.05) is 0 Å². The van der Waals surface area contributed by atoms with Crippen molar-refractivity contribution in [2.45, 2.75) is 25.9 Å². The minimum atomic E-state index is -0.956. The van der Waals surface area contributed by atoms with Gasteiger partial charge in [0.05, 0.1) is 6.54 Å². The zero-order valence-corrected chi connectivity index (χ0v) is 7.07. The van der Waals surface area contributed by atoms with Gasteiger partial charge in [0, 0.05) is 6.04 Å². The Labute approximate surface area is 70.4 Å². The zero-order valence-electron chi connectivity index (χ0n) is 7.07. The lowest BCUT2D eigenvalue weighted by Crippen LogP contribution is -2.43. The molecule has 1 heterocycles. The van der Waals surface area contributed by atoms with E-state index in [9.17, 15) is 9.59 Å². The Morgan fingerprint density at radius 3 is 2.67 bits per heavy atom. The lowest BCUT2D eigenvalue weighted by atomic mass is 10.2. The fraction of sp³-hybridized carbons (Fsp3) is 0.714. The van der Waals surface area contributed by atoms with Crippen LogP contribution >= 0.6 is 0 Å². The molecule has 0 radical (unpaired) electrons. The molecule has 5 nitrogen and oxygen atoms in total. The second kappa shape index (κ2) is 3.00. The molecule has 5 heteroatoms. The molecule has 1 rings (SSSR count). The molecule has 1 aliphatic rings. The molecule has 68 valence electrons. The van der Waals surface area contributed by atoms with Crippen molar-refractivity contribution < 1.29 is 14.7 Å². The number of amides is 2. The number of carboxylic acid groups (broad SMARTS) is 1. The van der Waals surface area contributed by atoms with Gasteiger partial charge in [-0.25, -0.2) is 9.59 Å². The first kappa shape index (κ1) is 8.83. The zero-order chi connectivity index (χ0) is 9.30. The van der Waals surface area contributed by atoms with Crippen LogP contribution in [-0.2, 0) is 4.79 Å². The van der Waals surface area contributed by atoms with Gasteiger partial charge in [-0.15, -0.1) is 0 Å². The Balaban J connectivity index is 2.77. The maximum absolute atomic E-state index is 11.1. The molecule has 0 saturated carbocycles. The number of nitrogens with one attached hydrogen (secondary N) is 1. The molecular formula is C7H12N2O3. The summed E-state index contributed by atoms with van der Waals surface area (Å²) in [5.74, 6) is -0.956. The summed E-state index contributed by atoms with van der Waals surface area (Å²) in [6, 6.07) is -1.08. The monoisotopic (exact) mass is 172 g/mol. The van der Waals surface area contributed by atoms with Gasteiger partial charge in [-0.05, 0) is 13.8 Å². The lowest BCUT2D eigenvalue weighted by Gasteiger charge is -2.23. The van der Waals surface area contributed by atoms with E-state index in [0.29, 0.717) is 0 Å². The molecule has 1 aliphatic heterocycles. The molecule has 1 atom stereocenters. The predicted octanol–water partition coefficient (Wildman–Crippen LogP) is -0.127. The van der Waals surface area contributed by atoms with Gasteiger partial charge in [0.1, 0.15) is 6.04 Å². The summed E-state index contributed by atoms with van der Waals surface area (Å²) >= 11 is 0. The highest BCUT2D eigenvalue weighted by atomic mass is 16.4. The minimum absolute atomic E-state index is 0.0754. The third-order valence-electron chi connectivity index (χ3n) is 1.86. The Kier molecular flexibility index (Phi) is 2.21. The molecule has 12 heavy (non-hydrogen) atoms. The number of urea groups is 1. The van der Waals surface area contributed by atoms with Crippen LogP contribution in [0.25, 0.3) is 0 Å². The van der Waals surface area contributed by atoms with Gasteiger partial charge in [0.25, 0.3) is 0 Å². The highest BCUT2D eigenvalue weighted by molar-refractivity contribution is 5.86. The second-order valence-electron chi connectivity index (χ2n) is 3.04. The van der Waals surface area contributed by atoms with Gasteiger partial charge in [0.15, 0.2) is 0 Å². The molecule has 0 aromatic heterocycles. The van der Waals surface area contributed by atoms with Crippen LogP contribution in [-0.4, -0.2) is 40.6 Å². The van der Waals surface area contributed by atoms with Crippen LogP contribution in [0.4, 0.5) is 4.79 Å². The van der Waals surface area contributed by atoms with Crippen molar-refractivity contribution in [3.63, 3.8) is 0 Å². The van der Waals surface area contributed by atoms with E-state index in [1.54, 1.807) is 13.8 Å². The number of nitrogens with zero attached hydrogens (tertiary/aromatic N) is 1. The van der Waals surface area contributed by atoms with Crippen molar-refractivity contribution in [3.05, 3.63) is 0 Å². The van der Waals surface area contributed by atoms with Crippen LogP contribution in [0, 0.1) is 0 Å². The number of rotatable bonds is 2. The standard InChI is InChI=1S/C7H12N2O3/c1-4(2)9-5(6(10)11)3-8-7(9)12/h4-5H,3H2,1-2H3,(H,8,12)(H,10,11). The van der Waals surface area contributed by atoms with Crippen LogP contribution in [0.15, 0.2) is 0 Å². The first-order chi connectivity index (χ1) is 5.54. The molecular weight excluding hydrogens is 160 g/mol. The second-order valence-corrected chi connectivity index (χ2v) is 3.04. The summed E-state index contributed by atoms with van der Waals surface area (Å²) in [5.41, 5.74) is 0. The molecule has 2 N–H and O–H groups in total. The predicted molar refractivity (Wildman–Crippen MR) is 41.8 cm³/mol. The van der Waals surface area contributed by atoms with E-state index in [1.807, 2.05) is 0 Å². The molecule has 0 bridgehead atoms. The Morgan fingerprint density at radius 2 is 2.33 bits per heavy atom. The molecule has 2 amide bonds. The Morgan fingerprint density at radius 1 is 1.75 bits per heavy atom. The number of hydrogen-bond donors (Lipinski definition) is 2. The van der Waals surface area contributed by atoms with Crippen molar-refractivity contribution >= 4 is 12.0 Å². The Hall–Kier alpha value is -1.26. The SMILES string of the molecule is CC(C)N1C(=O)NCC1C(=O)O. The van der Waals surface area contributed by atoms with Crippen molar-refractivity contribution in [2.75, 3.05) is 6.54 Å². The fourth-order valence-corrected chi connectivity index (χ4v) is 1.32. The van der Waals surface area contributed by atoms with E-state index in [2.05, 4.69) is 5.32 Å². The summed E-state index contributed by atoms with van der Waals surface area (Å²) in [7, 11) is 0. The van der Waals surface area contributed by atoms with E-state index in [0.717, 1.165) is 0 Å². The summed E-state index contributed by atoms with van der Waals surface area (Å²) in [6.07, 6.45) is 0. The number of hydrogen-bond acceptors (Lipinski definition) is 2. The van der Waals surface area contributed by atoms with Crippen molar-refractivity contribution in [2.24, 2.45) is 0 Å². The summed E-state index contributed by atoms with van der Waals surface area (Å²) in [5, 5.41) is 11.2. The van der Waals surface area contributed by atoms with E-state index < -0.39 is 12.0 Å². The third kappa shape index (κ3) is 1.34. The maximum atomic E-state index is 11.1. The van der Waals surface area contributed by atoms with E-state index in [4.69, 9.17) is 5.11 Å². The smallest absolute Gasteiger partial charge is 0.328 e. The topological polar surface area (TPSA) is 69.6 Å². The van der Waals surface area contributed by atoms with Crippen LogP contribution in [0.1, 0.15) is 13.8 Å². The van der Waals surface area contributed by atoms with Crippen molar-refractivity contribution in [1.82, 2.24) is 10.2 Å². The van der Waals surface area contributed by atoms with Crippen molar-refractivity contribution in [1.29, 1.82) is 0 Å². The number of carbonyl (C=O) groups is 2. The fourth-order valence-electron chi connectivity index (χ4n) is 1.32. The molecule has 1 fully saturated rings. The summed E-state index contributed by atoms with van der Waals surface area (Å²) < 4.78 is 0. The summed E-state index contributed by atoms with van der Waals surface area (Å²) in [6.45, 7) is 3.79. The minimum Gasteiger partial charge on any atom is -0.480 e. The Bertz CT molecular complexity index is 215. The van der Waals surface area contributed by atoms with Gasteiger partial charge in [-0.3, -0.25) is 0 Å². The molecule has 1 unspecified atom stereocenters. The highest BCUT2D eigenvalue weighted by Gasteiger charge is 2.37. The summed E-state index contributed by atoms with van der Waals surface area (Å²) in [4.78, 5) is 23.0. The van der Waals surface area contributed by atoms with Gasteiger partial charge < -0.3 is 15.3 Å². The van der Waals surface area contributed by atoms with Gasteiger partial charge >= 0.3 is 12.0 Å². The lowest BCUT2D eigenvalue weighted by molar-refractivity contribution is -0.141. The molecule has 0 spiro atoms. The van der Waals surface area contributed by atoms with Crippen LogP contribution in [0.2, 0.25) is 0 Å². The van der Waals surface area contributed by atoms with Crippen LogP contribution in [0.5, 0.6) is 0 Å². The molecule has 0 aliphatic carbocycles. The quantitative estimate of drug-likeness (QED) is 0.609. The first-order valence-electron chi connectivity index (χ1n) is 3.83. The first-order valence-corrected chi connectivity index (χ1v) is 3.83. The molecule has 0 aromatic rings. The largest absolute Gasteiger partial charge is 0.480 e. The van der Waals surface area contributed by atoms with Crippen molar-refractivity contribution in [3.8, 4) is 0 Å². The van der Waals surface area contributed by atoms with Crippen LogP contribution in [0.3, 0.4) is 0 Å². The number of carboxylic acids is 1. The van der Waals surface area contributed by atoms with E-state index in [1.165, 1.54) is 4.90 Å². The average Bonchev–Trinajstić information content (AvgIpc) is 2.30. The van der Waals surface area contributed by atoms with Crippen LogP contribution < -0.4 is 5.32 Å². The molecule has 1 saturated heterocycles. The molecule has 0 aromatic carbocycles. The van der Waals surface area contributed by atoms with Gasteiger partial charge in [0.2, 0.25) is 0 Å². The van der Waals surface area contributed by atoms with E-state index >= 15 is 0 Å². The number of carbonyl (C=O) groups excluding carboxylic acids is 1. The normalized spacial score (nSPS) is 23.1. The van der Waals surface area contributed by atoms with E-state index in [-0.39, 0.29) is 18.6 Å². The van der Waals surface area contributed by atoms with Gasteiger partial charge in [-0.2, -0.15) is 0 Å².